The molecule has 0 unspecified atom stereocenters. The fraction of sp³-hybridized carbons (Fsp3) is 0.185. The molecule has 36 heavy (non-hydrogen) atoms. The highest BCUT2D eigenvalue weighted by Gasteiger charge is 2.41. The number of halogens is 1. The molecule has 9 heteroatoms. The molecule has 0 saturated heterocycles. The number of methoxy groups -OCH3 is 3. The number of anilines is 1. The van der Waals surface area contributed by atoms with Crippen molar-refractivity contribution in [1.29, 1.82) is 0 Å². The number of benzene rings is 3. The average Bonchev–Trinajstić information content (AvgIpc) is 3.39. The molecule has 3 heterocycles. The van der Waals surface area contributed by atoms with Crippen molar-refractivity contribution < 1.29 is 23.3 Å². The summed E-state index contributed by atoms with van der Waals surface area (Å²) in [6, 6.07) is 17.4. The van der Waals surface area contributed by atoms with Crippen molar-refractivity contribution >= 4 is 11.6 Å². The Morgan fingerprint density at radius 2 is 1.67 bits per heavy atom. The monoisotopic (exact) mass is 486 g/mol. The van der Waals surface area contributed by atoms with E-state index in [1.54, 1.807) is 38.1 Å². The summed E-state index contributed by atoms with van der Waals surface area (Å²) in [5.74, 6) is 2.85. The molecule has 2 aliphatic rings. The van der Waals surface area contributed by atoms with Gasteiger partial charge in [-0.3, -0.25) is 0 Å². The van der Waals surface area contributed by atoms with Gasteiger partial charge in [0.15, 0.2) is 11.5 Å². The van der Waals surface area contributed by atoms with E-state index >= 15 is 0 Å². The van der Waals surface area contributed by atoms with Gasteiger partial charge in [-0.15, -0.1) is 0 Å². The molecule has 8 nitrogen and oxygen atoms in total. The molecule has 0 amide bonds. The predicted molar refractivity (Wildman–Crippen MR) is 131 cm³/mol. The minimum atomic E-state index is -0.513. The summed E-state index contributed by atoms with van der Waals surface area (Å²) in [4.78, 5) is 4.43. The number of aromatic nitrogens is 3. The van der Waals surface area contributed by atoms with Crippen LogP contribution in [0.3, 0.4) is 0 Å². The molecule has 0 bridgehead atoms. The standard InChI is InChI=1S/C27H23FN4O4/c1-33-18-9-11-20-19(13-18)24-23(26(36-20)16-6-10-21(34-2)22(12-16)35-3)25(15-4-7-17(28)8-5-15)32-27(31-24)29-14-30-32/h4-14,25-26H,1-3H3,(H,29,30,31)/t25-,26-/m0/s1. The molecule has 0 radical (unpaired) electrons. The van der Waals surface area contributed by atoms with Crippen LogP contribution in [-0.2, 0) is 0 Å². The van der Waals surface area contributed by atoms with Gasteiger partial charge >= 0.3 is 0 Å². The second kappa shape index (κ2) is 8.60. The van der Waals surface area contributed by atoms with Crippen molar-refractivity contribution in [2.45, 2.75) is 12.1 Å². The second-order valence-corrected chi connectivity index (χ2v) is 8.41. The number of hydrogen-bond donors (Lipinski definition) is 1. The van der Waals surface area contributed by atoms with Crippen LogP contribution in [0, 0.1) is 5.82 Å². The number of rotatable bonds is 5. The summed E-state index contributed by atoms with van der Waals surface area (Å²) < 4.78 is 38.8. The maximum Gasteiger partial charge on any atom is 0.226 e. The van der Waals surface area contributed by atoms with Crippen molar-refractivity contribution in [2.75, 3.05) is 26.6 Å². The van der Waals surface area contributed by atoms with Crippen molar-refractivity contribution in [3.05, 3.63) is 95.1 Å². The number of hydrogen-bond acceptors (Lipinski definition) is 7. The Morgan fingerprint density at radius 3 is 2.42 bits per heavy atom. The molecule has 182 valence electrons. The van der Waals surface area contributed by atoms with Crippen molar-refractivity contribution in [3.63, 3.8) is 0 Å². The van der Waals surface area contributed by atoms with Crippen LogP contribution < -0.4 is 24.3 Å². The first kappa shape index (κ1) is 22.0. The molecule has 1 aromatic heterocycles. The van der Waals surface area contributed by atoms with Gasteiger partial charge in [-0.05, 0) is 48.0 Å². The molecular formula is C27H23FN4O4. The summed E-state index contributed by atoms with van der Waals surface area (Å²) in [7, 11) is 4.82. The molecule has 1 N–H and O–H groups in total. The number of nitrogens with one attached hydrogen (secondary N) is 1. The lowest BCUT2D eigenvalue weighted by Gasteiger charge is -2.39. The van der Waals surface area contributed by atoms with Gasteiger partial charge in [-0.1, -0.05) is 18.2 Å². The maximum absolute atomic E-state index is 13.9. The third-order valence-corrected chi connectivity index (χ3v) is 6.52. The quantitative estimate of drug-likeness (QED) is 0.425. The smallest absolute Gasteiger partial charge is 0.226 e. The van der Waals surface area contributed by atoms with Crippen LogP contribution in [0.2, 0.25) is 0 Å². The van der Waals surface area contributed by atoms with Crippen molar-refractivity contribution in [2.24, 2.45) is 0 Å². The Balaban J connectivity index is 1.61. The van der Waals surface area contributed by atoms with Crippen LogP contribution in [0.5, 0.6) is 23.0 Å². The fourth-order valence-electron chi connectivity index (χ4n) is 4.83. The molecule has 2 atom stereocenters. The molecule has 3 aromatic carbocycles. The van der Waals surface area contributed by atoms with E-state index in [0.29, 0.717) is 28.9 Å². The van der Waals surface area contributed by atoms with E-state index in [2.05, 4.69) is 15.4 Å². The van der Waals surface area contributed by atoms with E-state index < -0.39 is 12.1 Å². The normalized spacial score (nSPS) is 17.8. The van der Waals surface area contributed by atoms with Crippen LogP contribution in [0.25, 0.3) is 5.70 Å². The van der Waals surface area contributed by atoms with Gasteiger partial charge in [0, 0.05) is 16.7 Å². The summed E-state index contributed by atoms with van der Waals surface area (Å²) in [6.45, 7) is 0. The molecule has 0 saturated carbocycles. The Bertz CT molecular complexity index is 1480. The van der Waals surface area contributed by atoms with Crippen molar-refractivity contribution in [3.8, 4) is 23.0 Å². The van der Waals surface area contributed by atoms with Gasteiger partial charge in [0.2, 0.25) is 5.95 Å². The molecule has 0 aliphatic carbocycles. The highest BCUT2D eigenvalue weighted by atomic mass is 19.1. The lowest BCUT2D eigenvalue weighted by Crippen LogP contribution is -2.32. The Kier molecular flexibility index (Phi) is 5.25. The van der Waals surface area contributed by atoms with Gasteiger partial charge in [-0.2, -0.15) is 10.1 Å². The van der Waals surface area contributed by atoms with E-state index in [9.17, 15) is 4.39 Å². The topological polar surface area (TPSA) is 79.7 Å². The third-order valence-electron chi connectivity index (χ3n) is 6.52. The van der Waals surface area contributed by atoms with Gasteiger partial charge in [-0.25, -0.2) is 9.07 Å². The lowest BCUT2D eigenvalue weighted by molar-refractivity contribution is 0.222. The molecule has 6 rings (SSSR count). The van der Waals surface area contributed by atoms with E-state index in [0.717, 1.165) is 28.0 Å². The second-order valence-electron chi connectivity index (χ2n) is 8.41. The lowest BCUT2D eigenvalue weighted by atomic mass is 9.84. The SMILES string of the molecule is COc1ccc2c(c1)C1=C([C@H](c3ccc(OC)c(OC)c3)O2)[C@H](c2ccc(F)cc2)n2ncnc2N1. The Labute approximate surface area is 206 Å². The van der Waals surface area contributed by atoms with Crippen LogP contribution in [0.4, 0.5) is 10.3 Å². The Hall–Kier alpha value is -4.53. The minimum absolute atomic E-state index is 0.313. The Morgan fingerprint density at radius 1 is 0.889 bits per heavy atom. The average molecular weight is 487 g/mol. The zero-order valence-corrected chi connectivity index (χ0v) is 19.9. The summed E-state index contributed by atoms with van der Waals surface area (Å²) in [5.41, 5.74) is 4.27. The predicted octanol–water partition coefficient (Wildman–Crippen LogP) is 5.00. The molecular weight excluding hydrogens is 463 g/mol. The molecule has 0 fully saturated rings. The number of ether oxygens (including phenoxy) is 4. The number of nitrogens with zero attached hydrogens (tertiary/aromatic N) is 3. The van der Waals surface area contributed by atoms with Gasteiger partial charge in [0.25, 0.3) is 0 Å². The van der Waals surface area contributed by atoms with Crippen LogP contribution in [0.15, 0.2) is 72.6 Å². The molecule has 0 spiro atoms. The zero-order chi connectivity index (χ0) is 24.8. The first-order valence-electron chi connectivity index (χ1n) is 11.3. The highest BCUT2D eigenvalue weighted by Crippen LogP contribution is 2.51. The third kappa shape index (κ3) is 3.43. The van der Waals surface area contributed by atoms with Crippen LogP contribution in [0.1, 0.15) is 28.8 Å². The largest absolute Gasteiger partial charge is 0.497 e. The minimum Gasteiger partial charge on any atom is -0.497 e. The van der Waals surface area contributed by atoms with E-state index in [1.165, 1.54) is 18.5 Å². The van der Waals surface area contributed by atoms with Crippen LogP contribution in [-0.4, -0.2) is 36.1 Å². The molecule has 4 aromatic rings. The van der Waals surface area contributed by atoms with Crippen molar-refractivity contribution in [1.82, 2.24) is 14.8 Å². The zero-order valence-electron chi connectivity index (χ0n) is 19.9. The summed E-state index contributed by atoms with van der Waals surface area (Å²) in [6.07, 6.45) is 0.983. The maximum atomic E-state index is 13.9. The molecule has 2 aliphatic heterocycles. The summed E-state index contributed by atoms with van der Waals surface area (Å²) >= 11 is 0. The van der Waals surface area contributed by atoms with Gasteiger partial charge in [0.1, 0.15) is 35.8 Å². The van der Waals surface area contributed by atoms with Gasteiger partial charge in [0.05, 0.1) is 27.0 Å². The first-order chi connectivity index (χ1) is 17.6. The van der Waals surface area contributed by atoms with E-state index in [4.69, 9.17) is 18.9 Å². The highest BCUT2D eigenvalue weighted by molar-refractivity contribution is 5.85. The van der Waals surface area contributed by atoms with Gasteiger partial charge < -0.3 is 24.3 Å². The van der Waals surface area contributed by atoms with E-state index in [-0.39, 0.29) is 5.82 Å². The fourth-order valence-corrected chi connectivity index (χ4v) is 4.83. The van der Waals surface area contributed by atoms with Crippen LogP contribution >= 0.6 is 0 Å². The first-order valence-corrected chi connectivity index (χ1v) is 11.3. The summed E-state index contributed by atoms with van der Waals surface area (Å²) in [5, 5.41) is 7.95. The number of fused-ring (bicyclic) bond motifs is 3. The van der Waals surface area contributed by atoms with E-state index in [1.807, 2.05) is 36.4 Å².